The molecule has 0 aliphatic heterocycles. The summed E-state index contributed by atoms with van der Waals surface area (Å²) >= 11 is 3.45. The van der Waals surface area contributed by atoms with Crippen LogP contribution in [0.15, 0.2) is 39.9 Å². The maximum absolute atomic E-state index is 4.31. The molecule has 1 heterocycles. The average Bonchev–Trinajstić information content (AvgIpc) is 2.35. The van der Waals surface area contributed by atoms with Crippen LogP contribution in [0.4, 0.5) is 5.95 Å². The molecular weight excluding hydrogens is 304 g/mol. The van der Waals surface area contributed by atoms with Gasteiger partial charge >= 0.3 is 0 Å². The van der Waals surface area contributed by atoms with Crippen LogP contribution in [0, 0.1) is 13.8 Å². The largest absolute Gasteiger partial charge is 0.245 e. The molecule has 0 aliphatic carbocycles. The zero-order valence-corrected chi connectivity index (χ0v) is 12.7. The van der Waals surface area contributed by atoms with Crippen LogP contribution in [0.2, 0.25) is 0 Å². The van der Waals surface area contributed by atoms with Crippen molar-refractivity contribution in [1.82, 2.24) is 9.97 Å². The summed E-state index contributed by atoms with van der Waals surface area (Å²) in [4.78, 5) is 8.56. The number of aryl methyl sites for hydroxylation is 2. The van der Waals surface area contributed by atoms with Crippen molar-refractivity contribution in [2.45, 2.75) is 20.8 Å². The Kier molecular flexibility index (Phi) is 4.27. The fourth-order valence-corrected chi connectivity index (χ4v) is 2.09. The van der Waals surface area contributed by atoms with Gasteiger partial charge in [0.2, 0.25) is 5.95 Å². The molecule has 2 aromatic rings. The van der Waals surface area contributed by atoms with E-state index in [0.717, 1.165) is 27.1 Å². The van der Waals surface area contributed by atoms with Gasteiger partial charge in [0.1, 0.15) is 0 Å². The maximum Gasteiger partial charge on any atom is 0.243 e. The summed E-state index contributed by atoms with van der Waals surface area (Å²) in [5.41, 5.74) is 6.66. The minimum absolute atomic E-state index is 0.520. The molecule has 0 spiro atoms. The minimum atomic E-state index is 0.520. The van der Waals surface area contributed by atoms with Crippen molar-refractivity contribution in [3.8, 4) is 0 Å². The highest BCUT2D eigenvalue weighted by molar-refractivity contribution is 9.10. The van der Waals surface area contributed by atoms with E-state index in [1.165, 1.54) is 0 Å². The van der Waals surface area contributed by atoms with Crippen molar-refractivity contribution in [3.63, 3.8) is 0 Å². The Morgan fingerprint density at radius 2 is 1.84 bits per heavy atom. The number of hydrogen-bond donors (Lipinski definition) is 1. The number of benzene rings is 1. The van der Waals surface area contributed by atoms with Gasteiger partial charge in [0.15, 0.2) is 0 Å². The molecular formula is C14H15BrN4. The van der Waals surface area contributed by atoms with Crippen molar-refractivity contribution in [2.24, 2.45) is 5.10 Å². The topological polar surface area (TPSA) is 50.2 Å². The van der Waals surface area contributed by atoms with Gasteiger partial charge < -0.3 is 0 Å². The number of aromatic nitrogens is 2. The van der Waals surface area contributed by atoms with Crippen molar-refractivity contribution < 1.29 is 0 Å². The first kappa shape index (κ1) is 13.7. The summed E-state index contributed by atoms with van der Waals surface area (Å²) < 4.78 is 1.03. The molecule has 0 saturated heterocycles. The summed E-state index contributed by atoms with van der Waals surface area (Å²) in [5.74, 6) is 0.520. The molecule has 0 amide bonds. The summed E-state index contributed by atoms with van der Waals surface area (Å²) in [5, 5.41) is 4.31. The first-order chi connectivity index (χ1) is 9.04. The van der Waals surface area contributed by atoms with Crippen LogP contribution in [0.3, 0.4) is 0 Å². The molecule has 4 nitrogen and oxygen atoms in total. The minimum Gasteiger partial charge on any atom is -0.245 e. The third-order valence-corrected chi connectivity index (χ3v) is 3.04. The zero-order chi connectivity index (χ0) is 13.8. The lowest BCUT2D eigenvalue weighted by Gasteiger charge is -2.04. The van der Waals surface area contributed by atoms with Crippen LogP contribution in [-0.2, 0) is 0 Å². The second-order valence-electron chi connectivity index (χ2n) is 4.29. The highest BCUT2D eigenvalue weighted by Gasteiger charge is 2.00. The van der Waals surface area contributed by atoms with E-state index in [1.54, 1.807) is 0 Å². The van der Waals surface area contributed by atoms with Crippen molar-refractivity contribution in [2.75, 3.05) is 5.43 Å². The molecule has 1 aromatic heterocycles. The number of anilines is 1. The number of rotatable bonds is 3. The molecule has 1 N–H and O–H groups in total. The van der Waals surface area contributed by atoms with E-state index >= 15 is 0 Å². The van der Waals surface area contributed by atoms with Crippen LogP contribution in [0.25, 0.3) is 0 Å². The van der Waals surface area contributed by atoms with Gasteiger partial charge in [-0.3, -0.25) is 0 Å². The number of hydrogen-bond acceptors (Lipinski definition) is 4. The maximum atomic E-state index is 4.31. The molecule has 0 atom stereocenters. The fourth-order valence-electron chi connectivity index (χ4n) is 1.69. The summed E-state index contributed by atoms with van der Waals surface area (Å²) in [7, 11) is 0. The number of nitrogens with zero attached hydrogens (tertiary/aromatic N) is 3. The third-order valence-electron chi connectivity index (χ3n) is 2.55. The standard InChI is InChI=1S/C14H15BrN4/c1-9-7-10(2)17-14(16-9)19-18-11(3)12-5-4-6-13(15)8-12/h4-8H,1-3H3,(H,16,17,19)/b18-11-. The van der Waals surface area contributed by atoms with Gasteiger partial charge in [-0.15, -0.1) is 0 Å². The van der Waals surface area contributed by atoms with Gasteiger partial charge in [0.25, 0.3) is 0 Å². The molecule has 0 aliphatic rings. The highest BCUT2D eigenvalue weighted by Crippen LogP contribution is 2.12. The van der Waals surface area contributed by atoms with Crippen LogP contribution in [0.1, 0.15) is 23.9 Å². The van der Waals surface area contributed by atoms with Gasteiger partial charge in [0, 0.05) is 15.9 Å². The molecule has 1 aromatic carbocycles. The molecule has 98 valence electrons. The van der Waals surface area contributed by atoms with Gasteiger partial charge in [-0.25, -0.2) is 15.4 Å². The molecule has 0 bridgehead atoms. The second kappa shape index (κ2) is 5.93. The van der Waals surface area contributed by atoms with Crippen LogP contribution in [0.5, 0.6) is 0 Å². The van der Waals surface area contributed by atoms with Gasteiger partial charge in [-0.05, 0) is 44.5 Å². The van der Waals surface area contributed by atoms with Gasteiger partial charge in [-0.1, -0.05) is 28.1 Å². The zero-order valence-electron chi connectivity index (χ0n) is 11.1. The molecule has 0 saturated carbocycles. The Bertz CT molecular complexity index is 602. The lowest BCUT2D eigenvalue weighted by molar-refractivity contribution is 1.03. The lowest BCUT2D eigenvalue weighted by Crippen LogP contribution is -2.03. The summed E-state index contributed by atoms with van der Waals surface area (Å²) in [6.07, 6.45) is 0. The predicted octanol–water partition coefficient (Wildman–Crippen LogP) is 3.69. The first-order valence-electron chi connectivity index (χ1n) is 5.93. The number of hydrazone groups is 1. The molecule has 0 fully saturated rings. The Morgan fingerprint density at radius 3 is 2.47 bits per heavy atom. The number of halogens is 1. The second-order valence-corrected chi connectivity index (χ2v) is 5.21. The van der Waals surface area contributed by atoms with Crippen molar-refractivity contribution >= 4 is 27.6 Å². The Labute approximate surface area is 121 Å². The number of nitrogens with one attached hydrogen (secondary N) is 1. The van der Waals surface area contributed by atoms with Gasteiger partial charge in [0.05, 0.1) is 5.71 Å². The van der Waals surface area contributed by atoms with E-state index < -0.39 is 0 Å². The van der Waals surface area contributed by atoms with Crippen molar-refractivity contribution in [1.29, 1.82) is 0 Å². The van der Waals surface area contributed by atoms with E-state index in [1.807, 2.05) is 51.1 Å². The Hall–Kier alpha value is -1.75. The third kappa shape index (κ3) is 3.86. The molecule has 2 rings (SSSR count). The monoisotopic (exact) mass is 318 g/mol. The average molecular weight is 319 g/mol. The Morgan fingerprint density at radius 1 is 1.16 bits per heavy atom. The summed E-state index contributed by atoms with van der Waals surface area (Å²) in [6, 6.07) is 9.91. The Balaban J connectivity index is 2.18. The molecule has 19 heavy (non-hydrogen) atoms. The van der Waals surface area contributed by atoms with E-state index in [0.29, 0.717) is 5.95 Å². The summed E-state index contributed by atoms with van der Waals surface area (Å²) in [6.45, 7) is 5.81. The van der Waals surface area contributed by atoms with E-state index in [4.69, 9.17) is 0 Å². The van der Waals surface area contributed by atoms with E-state index in [9.17, 15) is 0 Å². The van der Waals surface area contributed by atoms with Crippen LogP contribution in [-0.4, -0.2) is 15.7 Å². The van der Waals surface area contributed by atoms with Crippen LogP contribution < -0.4 is 5.43 Å². The van der Waals surface area contributed by atoms with Gasteiger partial charge in [-0.2, -0.15) is 5.10 Å². The van der Waals surface area contributed by atoms with E-state index in [-0.39, 0.29) is 0 Å². The normalized spacial score (nSPS) is 11.5. The fraction of sp³-hybridized carbons (Fsp3) is 0.214. The first-order valence-corrected chi connectivity index (χ1v) is 6.72. The highest BCUT2D eigenvalue weighted by atomic mass is 79.9. The molecule has 5 heteroatoms. The molecule has 0 radical (unpaired) electrons. The molecule has 0 unspecified atom stereocenters. The van der Waals surface area contributed by atoms with Crippen LogP contribution >= 0.6 is 15.9 Å². The lowest BCUT2D eigenvalue weighted by atomic mass is 10.1. The predicted molar refractivity (Wildman–Crippen MR) is 81.5 cm³/mol. The van der Waals surface area contributed by atoms with Crippen molar-refractivity contribution in [3.05, 3.63) is 51.8 Å². The quantitative estimate of drug-likeness (QED) is 0.693. The smallest absolute Gasteiger partial charge is 0.243 e. The van der Waals surface area contributed by atoms with E-state index in [2.05, 4.69) is 36.4 Å². The SMILES string of the molecule is C/C(=N/Nc1nc(C)cc(C)n1)c1cccc(Br)c1.